The van der Waals surface area contributed by atoms with Gasteiger partial charge < -0.3 is 5.32 Å². The molecule has 23 heavy (non-hydrogen) atoms. The fraction of sp³-hybridized carbons (Fsp3) is 0.550. The van der Waals surface area contributed by atoms with Gasteiger partial charge in [-0.25, -0.2) is 0 Å². The van der Waals surface area contributed by atoms with Crippen molar-refractivity contribution in [1.29, 1.82) is 0 Å². The van der Waals surface area contributed by atoms with Crippen LogP contribution < -0.4 is 5.32 Å². The zero-order valence-corrected chi connectivity index (χ0v) is 13.9. The third kappa shape index (κ3) is 5.21. The molecule has 2 unspecified atom stereocenters. The van der Waals surface area contributed by atoms with E-state index in [0.717, 1.165) is 32.5 Å². The van der Waals surface area contributed by atoms with Gasteiger partial charge in [-0.2, -0.15) is 0 Å². The number of allylic oxidation sites excluding steroid dienone is 2. The molecular weight excluding hydrogens is 284 g/mol. The number of carbonyl (C=O) groups is 1. The summed E-state index contributed by atoms with van der Waals surface area (Å²) >= 11 is 0. The minimum atomic E-state index is 0.224. The maximum absolute atomic E-state index is 12.1. The Morgan fingerprint density at radius 3 is 2.87 bits per heavy atom. The Kier molecular flexibility index (Phi) is 5.87. The molecular formula is C20H28N2O. The molecule has 1 N–H and O–H groups in total. The Morgan fingerprint density at radius 1 is 1.22 bits per heavy atom. The topological polar surface area (TPSA) is 32.3 Å². The summed E-state index contributed by atoms with van der Waals surface area (Å²) < 4.78 is 0. The van der Waals surface area contributed by atoms with E-state index in [1.807, 2.05) is 0 Å². The minimum Gasteiger partial charge on any atom is -0.356 e. The lowest BCUT2D eigenvalue weighted by atomic mass is 9.97. The Labute approximate surface area is 139 Å². The molecule has 2 aliphatic rings. The second-order valence-electron chi connectivity index (χ2n) is 7.00. The summed E-state index contributed by atoms with van der Waals surface area (Å²) in [5.41, 5.74) is 1.38. The highest BCUT2D eigenvalue weighted by Crippen LogP contribution is 2.21. The largest absolute Gasteiger partial charge is 0.356 e. The highest BCUT2D eigenvalue weighted by Gasteiger charge is 2.21. The Balaban J connectivity index is 1.39. The molecule has 3 rings (SSSR count). The second kappa shape index (κ2) is 8.30. The number of piperidine rings is 1. The van der Waals surface area contributed by atoms with Crippen LogP contribution in [-0.4, -0.2) is 30.4 Å². The molecule has 0 bridgehead atoms. The van der Waals surface area contributed by atoms with Gasteiger partial charge in [0.2, 0.25) is 5.91 Å². The van der Waals surface area contributed by atoms with Crippen LogP contribution in [0.2, 0.25) is 0 Å². The summed E-state index contributed by atoms with van der Waals surface area (Å²) in [6, 6.07) is 10.7. The van der Waals surface area contributed by atoms with Crippen molar-refractivity contribution in [2.75, 3.05) is 19.6 Å². The molecule has 3 heteroatoms. The van der Waals surface area contributed by atoms with Crippen LogP contribution in [0.1, 0.15) is 37.7 Å². The van der Waals surface area contributed by atoms with Crippen LogP contribution in [0, 0.1) is 11.8 Å². The second-order valence-corrected chi connectivity index (χ2v) is 7.00. The Hall–Kier alpha value is -1.61. The first-order valence-electron chi connectivity index (χ1n) is 8.99. The molecule has 1 aromatic rings. The van der Waals surface area contributed by atoms with Crippen molar-refractivity contribution in [1.82, 2.24) is 10.2 Å². The van der Waals surface area contributed by atoms with Crippen LogP contribution >= 0.6 is 0 Å². The van der Waals surface area contributed by atoms with Crippen molar-refractivity contribution in [3.8, 4) is 0 Å². The van der Waals surface area contributed by atoms with E-state index < -0.39 is 0 Å². The molecule has 0 saturated carbocycles. The maximum Gasteiger partial charge on any atom is 0.220 e. The molecule has 124 valence electrons. The number of likely N-dealkylation sites (tertiary alicyclic amines) is 1. The number of nitrogens with one attached hydrogen (secondary N) is 1. The Bertz CT molecular complexity index is 526. The number of benzene rings is 1. The summed E-state index contributed by atoms with van der Waals surface area (Å²) in [4.78, 5) is 14.6. The summed E-state index contributed by atoms with van der Waals surface area (Å²) in [6.45, 7) is 4.13. The molecule has 3 nitrogen and oxygen atoms in total. The summed E-state index contributed by atoms with van der Waals surface area (Å²) in [6.07, 6.45) is 9.80. The predicted molar refractivity (Wildman–Crippen MR) is 93.9 cm³/mol. The smallest absolute Gasteiger partial charge is 0.220 e. The molecule has 1 heterocycles. The first-order valence-corrected chi connectivity index (χ1v) is 8.99. The molecule has 1 saturated heterocycles. The highest BCUT2D eigenvalue weighted by molar-refractivity contribution is 5.76. The highest BCUT2D eigenvalue weighted by atomic mass is 16.1. The van der Waals surface area contributed by atoms with Gasteiger partial charge in [-0.15, -0.1) is 0 Å². The fourth-order valence-corrected chi connectivity index (χ4v) is 3.74. The average Bonchev–Trinajstić information content (AvgIpc) is 3.07. The first-order chi connectivity index (χ1) is 11.3. The van der Waals surface area contributed by atoms with Crippen LogP contribution in [0.4, 0.5) is 0 Å². The number of carbonyl (C=O) groups excluding carboxylic acids is 1. The van der Waals surface area contributed by atoms with Gasteiger partial charge in [-0.1, -0.05) is 42.5 Å². The van der Waals surface area contributed by atoms with E-state index in [1.54, 1.807) is 0 Å². The van der Waals surface area contributed by atoms with Gasteiger partial charge in [0.15, 0.2) is 0 Å². The molecule has 2 atom stereocenters. The molecule has 1 aromatic carbocycles. The van der Waals surface area contributed by atoms with Crippen molar-refractivity contribution < 1.29 is 4.79 Å². The lowest BCUT2D eigenvalue weighted by molar-refractivity contribution is -0.122. The SMILES string of the molecule is O=C(CC1C=CCC1)NCC1CCCN(Cc2ccccc2)C1. The fourth-order valence-electron chi connectivity index (χ4n) is 3.74. The van der Waals surface area contributed by atoms with E-state index in [1.165, 1.54) is 24.9 Å². The van der Waals surface area contributed by atoms with Crippen molar-refractivity contribution in [3.63, 3.8) is 0 Å². The van der Waals surface area contributed by atoms with E-state index in [9.17, 15) is 4.79 Å². The van der Waals surface area contributed by atoms with Crippen molar-refractivity contribution in [3.05, 3.63) is 48.0 Å². The standard InChI is InChI=1S/C20H28N2O/c23-20(13-17-7-4-5-8-17)21-14-19-11-6-12-22(16-19)15-18-9-2-1-3-10-18/h1-4,7,9-10,17,19H,5-6,8,11-16H2,(H,21,23). The Morgan fingerprint density at radius 2 is 2.09 bits per heavy atom. The van der Waals surface area contributed by atoms with Crippen LogP contribution in [-0.2, 0) is 11.3 Å². The monoisotopic (exact) mass is 312 g/mol. The third-order valence-electron chi connectivity index (χ3n) is 5.00. The molecule has 1 aliphatic carbocycles. The van der Waals surface area contributed by atoms with Crippen molar-refractivity contribution in [2.24, 2.45) is 11.8 Å². The number of hydrogen-bond acceptors (Lipinski definition) is 2. The van der Waals surface area contributed by atoms with Gasteiger partial charge in [0, 0.05) is 26.1 Å². The van der Waals surface area contributed by atoms with Crippen LogP contribution in [0.3, 0.4) is 0 Å². The van der Waals surface area contributed by atoms with Gasteiger partial charge in [-0.05, 0) is 49.6 Å². The minimum absolute atomic E-state index is 0.224. The summed E-state index contributed by atoms with van der Waals surface area (Å²) in [5, 5.41) is 3.16. The van der Waals surface area contributed by atoms with Crippen LogP contribution in [0.15, 0.2) is 42.5 Å². The lowest BCUT2D eigenvalue weighted by Crippen LogP contribution is -2.40. The van der Waals surface area contributed by atoms with E-state index in [4.69, 9.17) is 0 Å². The van der Waals surface area contributed by atoms with E-state index in [-0.39, 0.29) is 5.91 Å². The van der Waals surface area contributed by atoms with Gasteiger partial charge in [0.1, 0.15) is 0 Å². The zero-order chi connectivity index (χ0) is 15.9. The first kappa shape index (κ1) is 16.3. The lowest BCUT2D eigenvalue weighted by Gasteiger charge is -2.33. The molecule has 1 aliphatic heterocycles. The normalized spacial score (nSPS) is 24.7. The van der Waals surface area contributed by atoms with Gasteiger partial charge in [-0.3, -0.25) is 9.69 Å². The summed E-state index contributed by atoms with van der Waals surface area (Å²) in [7, 11) is 0. The average molecular weight is 312 g/mol. The van der Waals surface area contributed by atoms with Gasteiger partial charge >= 0.3 is 0 Å². The van der Waals surface area contributed by atoms with Gasteiger partial charge in [0.05, 0.1) is 0 Å². The van der Waals surface area contributed by atoms with Crippen molar-refractivity contribution in [2.45, 2.75) is 38.6 Å². The van der Waals surface area contributed by atoms with Crippen LogP contribution in [0.25, 0.3) is 0 Å². The molecule has 0 spiro atoms. The number of nitrogens with zero attached hydrogens (tertiary/aromatic N) is 1. The van der Waals surface area contributed by atoms with Crippen LogP contribution in [0.5, 0.6) is 0 Å². The maximum atomic E-state index is 12.1. The predicted octanol–water partition coefficient (Wildman–Crippen LogP) is 3.37. The van der Waals surface area contributed by atoms with Crippen molar-refractivity contribution >= 4 is 5.91 Å². The van der Waals surface area contributed by atoms with Gasteiger partial charge in [0.25, 0.3) is 0 Å². The molecule has 0 aromatic heterocycles. The third-order valence-corrected chi connectivity index (χ3v) is 5.00. The van der Waals surface area contributed by atoms with E-state index in [2.05, 4.69) is 52.7 Å². The molecule has 1 fully saturated rings. The molecule has 1 amide bonds. The number of hydrogen-bond donors (Lipinski definition) is 1. The van der Waals surface area contributed by atoms with E-state index >= 15 is 0 Å². The van der Waals surface area contributed by atoms with E-state index in [0.29, 0.717) is 18.3 Å². The number of amides is 1. The number of rotatable bonds is 6. The quantitative estimate of drug-likeness (QED) is 0.817. The summed E-state index contributed by atoms with van der Waals surface area (Å²) in [5.74, 6) is 1.29. The molecule has 0 radical (unpaired) electrons. The zero-order valence-electron chi connectivity index (χ0n) is 13.9.